The zero-order chi connectivity index (χ0) is 40.6. The van der Waals surface area contributed by atoms with Gasteiger partial charge in [-0.1, -0.05) is 0 Å². The Morgan fingerprint density at radius 3 is 1.21 bits per heavy atom. The van der Waals surface area contributed by atoms with Gasteiger partial charge >= 0.3 is 333 Å². The molecule has 2 aliphatic rings. The molecule has 2 aliphatic carbocycles. The number of hydrogen-bond donors (Lipinski definition) is 0. The fraction of sp³-hybridized carbons (Fsp3) is 0.396. The van der Waals surface area contributed by atoms with Gasteiger partial charge in [0.15, 0.2) is 0 Å². The normalized spacial score (nSPS) is 15.8. The maximum atomic E-state index is 14.0. The van der Waals surface area contributed by atoms with Gasteiger partial charge in [-0.2, -0.15) is 0 Å². The predicted molar refractivity (Wildman–Crippen MR) is 211 cm³/mol. The summed E-state index contributed by atoms with van der Waals surface area (Å²) in [6.07, 6.45) is -4.32. The van der Waals surface area contributed by atoms with Crippen molar-refractivity contribution in [2.45, 2.75) is 103 Å². The van der Waals surface area contributed by atoms with Crippen LogP contribution >= 0.6 is 0 Å². The van der Waals surface area contributed by atoms with Gasteiger partial charge < -0.3 is 24.8 Å². The largest absolute Gasteiger partial charge is 1.00 e. The van der Waals surface area contributed by atoms with Crippen molar-refractivity contribution in [1.29, 1.82) is 0 Å². The number of hydrogen-bond acceptors (Lipinski definition) is 0. The van der Waals surface area contributed by atoms with Crippen LogP contribution in [0.2, 0.25) is 0 Å². The average molecular weight is 905 g/mol. The van der Waals surface area contributed by atoms with E-state index < -0.39 is 44.7 Å². The van der Waals surface area contributed by atoms with Crippen molar-refractivity contribution in [1.82, 2.24) is 0 Å². The Kier molecular flexibility index (Phi) is 13.5. The summed E-state index contributed by atoms with van der Waals surface area (Å²) in [5, 5.41) is 0. The van der Waals surface area contributed by atoms with E-state index in [1.165, 1.54) is 31.1 Å². The molecule has 0 N–H and O–H groups in total. The predicted octanol–water partition coefficient (Wildman–Crippen LogP) is 8.43. The van der Waals surface area contributed by atoms with Gasteiger partial charge in [0.05, 0.1) is 0 Å². The van der Waals surface area contributed by atoms with E-state index in [0.29, 0.717) is 11.1 Å². The third-order valence-electron chi connectivity index (χ3n) is 11.2. The molecule has 0 radical (unpaired) electrons. The molecule has 0 fully saturated rings. The molecule has 0 saturated carbocycles. The summed E-state index contributed by atoms with van der Waals surface area (Å²) in [4.78, 5) is 0. The van der Waals surface area contributed by atoms with Crippen LogP contribution in [0.5, 0.6) is 0 Å². The van der Waals surface area contributed by atoms with Gasteiger partial charge in [0, 0.05) is 0 Å². The summed E-state index contributed by atoms with van der Waals surface area (Å²) in [6, 6.07) is 24.2. The summed E-state index contributed by atoms with van der Waals surface area (Å²) in [5.41, 5.74) is 7.53. The third kappa shape index (κ3) is 9.52. The van der Waals surface area contributed by atoms with Crippen LogP contribution in [-0.4, -0.2) is 3.21 Å². The fourth-order valence-electron chi connectivity index (χ4n) is 7.96. The van der Waals surface area contributed by atoms with Crippen molar-refractivity contribution in [3.8, 4) is 11.1 Å². The maximum Gasteiger partial charge on any atom is -1.00 e. The van der Waals surface area contributed by atoms with Crippen LogP contribution in [0.3, 0.4) is 0 Å². The first-order valence-electron chi connectivity index (χ1n) is 19.1. The molecular weight excluding hydrogens is 853 g/mol. The Bertz CT molecular complexity index is 2080. The Morgan fingerprint density at radius 2 is 0.895 bits per heavy atom. The second kappa shape index (κ2) is 16.4. The minimum atomic E-state index is -4.53. The molecule has 0 nitrogen and oxygen atoms in total. The fourth-order valence-corrected chi connectivity index (χ4v) is 17.9. The van der Waals surface area contributed by atoms with E-state index in [1.54, 1.807) is 24.3 Å². The minimum Gasteiger partial charge on any atom is -1.00 e. The standard InChI is InChI=1S/C21H25.C15H8F6.C12H19.2ClH.Zr/c1-20(2,3)16-7-9-18-14(12-16)11-15-13-17(21(4,5)6)8-10-19(15)18;16-14(17,18)12-5-1-10(2-6-12)9-11-3-7-13(8-4-11)15(19,20)21;1-9(2)10-6-7-11(8-10)12(3,4)5;;;/h7-13H,1-6H3;1-8H;7-10H,1-5H3;2*1H;/q;;;;;+2/p-2. The van der Waals surface area contributed by atoms with Crippen LogP contribution in [0, 0.1) is 17.3 Å². The van der Waals surface area contributed by atoms with E-state index >= 15 is 0 Å². The molecule has 9 heteroatoms. The Labute approximate surface area is 355 Å². The first-order valence-corrected chi connectivity index (χ1v) is 23.0. The first kappa shape index (κ1) is 47.0. The van der Waals surface area contributed by atoms with E-state index in [2.05, 4.69) is 125 Å². The van der Waals surface area contributed by atoms with E-state index in [1.807, 2.05) is 0 Å². The Morgan fingerprint density at radius 1 is 0.526 bits per heavy atom. The number of alkyl halides is 6. The topological polar surface area (TPSA) is 0 Å². The number of benzene rings is 4. The molecule has 0 saturated heterocycles. The van der Waals surface area contributed by atoms with Gasteiger partial charge in [-0.3, -0.25) is 0 Å². The molecule has 4 aromatic carbocycles. The first-order chi connectivity index (χ1) is 25.3. The molecule has 57 heavy (non-hydrogen) atoms. The van der Waals surface area contributed by atoms with Crippen molar-refractivity contribution < 1.29 is 72.4 Å². The van der Waals surface area contributed by atoms with Gasteiger partial charge in [-0.15, -0.1) is 0 Å². The van der Waals surface area contributed by atoms with Crippen molar-refractivity contribution >= 4 is 3.21 Å². The average Bonchev–Trinajstić information content (AvgIpc) is 3.66. The molecule has 0 aliphatic heterocycles. The molecule has 4 aromatic rings. The second-order valence-electron chi connectivity index (χ2n) is 18.7. The van der Waals surface area contributed by atoms with Crippen LogP contribution in [0.25, 0.3) is 11.1 Å². The van der Waals surface area contributed by atoms with Crippen LogP contribution in [0.15, 0.2) is 106 Å². The van der Waals surface area contributed by atoms with Gasteiger partial charge in [-0.25, -0.2) is 0 Å². The van der Waals surface area contributed by atoms with Crippen molar-refractivity contribution in [3.05, 3.63) is 150 Å². The Balaban J connectivity index is 0.00000360. The number of halogens is 8. The summed E-state index contributed by atoms with van der Waals surface area (Å²) < 4.78 is 86.3. The zero-order valence-electron chi connectivity index (χ0n) is 34.5. The van der Waals surface area contributed by atoms with Crippen LogP contribution < -0.4 is 24.8 Å². The smallest absolute Gasteiger partial charge is 1.00 e. The number of fused-ring (bicyclic) bond motifs is 3. The molecule has 1 atom stereocenters. The van der Waals surface area contributed by atoms with Crippen LogP contribution in [0.1, 0.15) is 124 Å². The van der Waals surface area contributed by atoms with Crippen LogP contribution in [-0.2, 0) is 44.4 Å². The summed E-state index contributed by atoms with van der Waals surface area (Å²) >= 11 is -3.64. The molecule has 304 valence electrons. The van der Waals surface area contributed by atoms with Crippen molar-refractivity contribution in [2.24, 2.45) is 17.3 Å². The molecule has 0 heterocycles. The monoisotopic (exact) mass is 902 g/mol. The zero-order valence-corrected chi connectivity index (χ0v) is 38.5. The number of allylic oxidation sites excluding steroid dienone is 4. The molecule has 0 aromatic heterocycles. The molecule has 0 spiro atoms. The van der Waals surface area contributed by atoms with E-state index in [9.17, 15) is 26.3 Å². The van der Waals surface area contributed by atoms with Gasteiger partial charge in [0.25, 0.3) is 0 Å². The molecular formula is C48H52Cl2F6Zr. The maximum absolute atomic E-state index is 14.0. The van der Waals surface area contributed by atoms with Gasteiger partial charge in [0.1, 0.15) is 0 Å². The summed E-state index contributed by atoms with van der Waals surface area (Å²) in [7, 11) is 0. The molecule has 1 unspecified atom stereocenters. The summed E-state index contributed by atoms with van der Waals surface area (Å²) in [5.74, 6) is 0.275. The Hall–Kier alpha value is -2.73. The van der Waals surface area contributed by atoms with Gasteiger partial charge in [0.2, 0.25) is 0 Å². The van der Waals surface area contributed by atoms with E-state index in [-0.39, 0.29) is 56.5 Å². The van der Waals surface area contributed by atoms with E-state index in [0.717, 1.165) is 38.6 Å². The minimum absolute atomic E-state index is 0. The second-order valence-corrected chi connectivity index (χ2v) is 24.8. The van der Waals surface area contributed by atoms with Crippen molar-refractivity contribution in [3.63, 3.8) is 0 Å². The SMILES string of the molecule is CC(C)C1C=C(C(C)(C)C)C=[C]1[Zr+2](=[C](c1ccc(C(F)(F)F)cc1)c1ccc(C(F)(F)F)cc1)[CH]1c2cc(C(C)(C)C)ccc2-c2ccc(C(C)(C)C)cc21.[Cl-].[Cl-]. The van der Waals surface area contributed by atoms with Crippen LogP contribution in [0.4, 0.5) is 26.3 Å². The van der Waals surface area contributed by atoms with E-state index in [4.69, 9.17) is 0 Å². The molecule has 0 bridgehead atoms. The number of rotatable bonds is 5. The van der Waals surface area contributed by atoms with Crippen molar-refractivity contribution in [2.75, 3.05) is 0 Å². The summed E-state index contributed by atoms with van der Waals surface area (Å²) in [6.45, 7) is 24.2. The van der Waals surface area contributed by atoms with Gasteiger partial charge in [-0.05, 0) is 0 Å². The quantitative estimate of drug-likeness (QED) is 0.177. The molecule has 6 rings (SSSR count). The molecule has 0 amide bonds. The third-order valence-corrected chi connectivity index (χ3v) is 19.6.